The summed E-state index contributed by atoms with van der Waals surface area (Å²) in [5.41, 5.74) is 1.90. The highest BCUT2D eigenvalue weighted by molar-refractivity contribution is 5.85. The molecule has 2 aromatic carbocycles. The van der Waals surface area contributed by atoms with Gasteiger partial charge < -0.3 is 0 Å². The minimum Gasteiger partial charge on any atom is -0.298 e. The van der Waals surface area contributed by atoms with Crippen molar-refractivity contribution < 1.29 is 4.79 Å². The van der Waals surface area contributed by atoms with E-state index in [2.05, 4.69) is 15.4 Å². The first-order valence-corrected chi connectivity index (χ1v) is 7.03. The van der Waals surface area contributed by atoms with Gasteiger partial charge in [0.05, 0.1) is 0 Å². The van der Waals surface area contributed by atoms with Crippen LogP contribution in [0.4, 0.5) is 0 Å². The van der Waals surface area contributed by atoms with E-state index in [1.165, 1.54) is 0 Å². The molecule has 0 bridgehead atoms. The highest BCUT2D eigenvalue weighted by Crippen LogP contribution is 2.25. The molecule has 0 atom stereocenters. The van der Waals surface area contributed by atoms with Crippen molar-refractivity contribution in [1.29, 1.82) is 0 Å². The second-order valence-electron chi connectivity index (χ2n) is 5.53. The van der Waals surface area contributed by atoms with Crippen LogP contribution in [0.1, 0.15) is 29.8 Å². The smallest absolute Gasteiger partial charge is 0.205 e. The summed E-state index contributed by atoms with van der Waals surface area (Å²) in [7, 11) is 0. The van der Waals surface area contributed by atoms with Gasteiger partial charge in [-0.1, -0.05) is 54.6 Å². The fourth-order valence-corrected chi connectivity index (χ4v) is 2.32. The third-order valence-electron chi connectivity index (χ3n) is 3.72. The first kappa shape index (κ1) is 14.1. The van der Waals surface area contributed by atoms with Crippen LogP contribution in [0, 0.1) is 0 Å². The van der Waals surface area contributed by atoms with E-state index in [4.69, 9.17) is 0 Å². The number of hydrogen-bond acceptors (Lipinski definition) is 4. The molecular weight excluding hydrogens is 276 g/mol. The van der Waals surface area contributed by atoms with E-state index < -0.39 is 5.54 Å². The second kappa shape index (κ2) is 5.52. The summed E-state index contributed by atoms with van der Waals surface area (Å²) in [6, 6.07) is 17.2. The minimum absolute atomic E-state index is 0.428. The van der Waals surface area contributed by atoms with E-state index in [-0.39, 0.29) is 0 Å². The number of benzene rings is 2. The van der Waals surface area contributed by atoms with Crippen LogP contribution >= 0.6 is 0 Å². The number of carbonyl (C=O) groups excluding carboxylic acids is 1. The molecule has 0 fully saturated rings. The van der Waals surface area contributed by atoms with Crippen LogP contribution in [-0.2, 0) is 5.54 Å². The van der Waals surface area contributed by atoms with Crippen molar-refractivity contribution in [2.45, 2.75) is 19.4 Å². The predicted molar refractivity (Wildman–Crippen MR) is 83.5 cm³/mol. The Balaban J connectivity index is 2.02. The van der Waals surface area contributed by atoms with E-state index in [9.17, 15) is 4.79 Å². The Hall–Kier alpha value is -2.82. The fraction of sp³-hybridized carbons (Fsp3) is 0.176. The maximum atomic E-state index is 11.1. The minimum atomic E-state index is -0.428. The quantitative estimate of drug-likeness (QED) is 0.694. The molecule has 3 rings (SSSR count). The zero-order chi connectivity index (χ0) is 15.6. The van der Waals surface area contributed by atoms with Gasteiger partial charge in [-0.15, -0.1) is 10.2 Å². The van der Waals surface area contributed by atoms with E-state index in [0.29, 0.717) is 17.0 Å². The second-order valence-corrected chi connectivity index (χ2v) is 5.53. The summed E-state index contributed by atoms with van der Waals surface area (Å²) in [6.45, 7) is 4.05. The third kappa shape index (κ3) is 2.41. The monoisotopic (exact) mass is 292 g/mol. The van der Waals surface area contributed by atoms with Gasteiger partial charge in [0.2, 0.25) is 5.82 Å². The number of nitrogens with zero attached hydrogens (tertiary/aromatic N) is 4. The molecule has 22 heavy (non-hydrogen) atoms. The van der Waals surface area contributed by atoms with Crippen molar-refractivity contribution in [2.75, 3.05) is 0 Å². The highest BCUT2D eigenvalue weighted by Gasteiger charge is 2.26. The van der Waals surface area contributed by atoms with Gasteiger partial charge in [0, 0.05) is 11.1 Å². The van der Waals surface area contributed by atoms with E-state index in [1.807, 2.05) is 62.4 Å². The molecule has 1 aromatic heterocycles. The molecule has 0 N–H and O–H groups in total. The van der Waals surface area contributed by atoms with Crippen LogP contribution in [0.25, 0.3) is 11.4 Å². The molecule has 0 spiro atoms. The van der Waals surface area contributed by atoms with Gasteiger partial charge in [0.1, 0.15) is 5.54 Å². The number of hydrogen-bond donors (Lipinski definition) is 0. The Morgan fingerprint density at radius 3 is 2.41 bits per heavy atom. The van der Waals surface area contributed by atoms with Crippen molar-refractivity contribution in [3.63, 3.8) is 0 Å². The molecule has 5 nitrogen and oxygen atoms in total. The van der Waals surface area contributed by atoms with Crippen molar-refractivity contribution in [1.82, 2.24) is 20.2 Å². The molecule has 0 saturated carbocycles. The largest absolute Gasteiger partial charge is 0.298 e. The van der Waals surface area contributed by atoms with Crippen molar-refractivity contribution in [3.05, 3.63) is 65.7 Å². The SMILES string of the molecule is CC(C)(c1ccccc1)n1nnc(-c2ccccc2C=O)n1. The molecule has 0 aliphatic heterocycles. The lowest BCUT2D eigenvalue weighted by molar-refractivity contribution is 0.112. The lowest BCUT2D eigenvalue weighted by Gasteiger charge is -2.23. The van der Waals surface area contributed by atoms with Gasteiger partial charge in [-0.25, -0.2) is 0 Å². The van der Waals surface area contributed by atoms with Crippen LogP contribution in [0.3, 0.4) is 0 Å². The molecule has 0 aliphatic rings. The Labute approximate surface area is 128 Å². The Kier molecular flexibility index (Phi) is 3.55. The van der Waals surface area contributed by atoms with E-state index in [0.717, 1.165) is 11.8 Å². The first-order valence-electron chi connectivity index (χ1n) is 7.03. The van der Waals surface area contributed by atoms with Crippen LogP contribution < -0.4 is 0 Å². The number of tetrazole rings is 1. The molecule has 0 aliphatic carbocycles. The highest BCUT2D eigenvalue weighted by atomic mass is 16.1. The van der Waals surface area contributed by atoms with Crippen LogP contribution in [-0.4, -0.2) is 26.5 Å². The topological polar surface area (TPSA) is 60.7 Å². The lowest BCUT2D eigenvalue weighted by Crippen LogP contribution is -2.30. The van der Waals surface area contributed by atoms with Crippen LogP contribution in [0.2, 0.25) is 0 Å². The maximum Gasteiger partial charge on any atom is 0.205 e. The molecule has 3 aromatic rings. The summed E-state index contributed by atoms with van der Waals surface area (Å²) >= 11 is 0. The summed E-state index contributed by atoms with van der Waals surface area (Å²) in [5.74, 6) is 0.451. The Bertz CT molecular complexity index is 793. The molecule has 0 unspecified atom stereocenters. The van der Waals surface area contributed by atoms with Gasteiger partial charge in [0.25, 0.3) is 0 Å². The van der Waals surface area contributed by atoms with Crippen molar-refractivity contribution >= 4 is 6.29 Å². The predicted octanol–water partition coefficient (Wildman–Crippen LogP) is 2.94. The van der Waals surface area contributed by atoms with Gasteiger partial charge in [-0.3, -0.25) is 4.79 Å². The van der Waals surface area contributed by atoms with Crippen molar-refractivity contribution in [2.24, 2.45) is 0 Å². The Morgan fingerprint density at radius 1 is 1.00 bits per heavy atom. The van der Waals surface area contributed by atoms with E-state index >= 15 is 0 Å². The van der Waals surface area contributed by atoms with E-state index in [1.54, 1.807) is 10.9 Å². The summed E-state index contributed by atoms with van der Waals surface area (Å²) in [4.78, 5) is 12.7. The normalized spacial score (nSPS) is 11.4. The number of carbonyl (C=O) groups is 1. The zero-order valence-electron chi connectivity index (χ0n) is 12.5. The number of rotatable bonds is 4. The molecule has 0 saturated heterocycles. The zero-order valence-corrected chi connectivity index (χ0v) is 12.5. The standard InChI is InChI=1S/C17H16N4O/c1-17(2,14-9-4-3-5-10-14)21-19-16(18-20-21)15-11-7-6-8-13(15)12-22/h3-12H,1-2H3. The summed E-state index contributed by atoms with van der Waals surface area (Å²) in [5, 5.41) is 12.8. The fourth-order valence-electron chi connectivity index (χ4n) is 2.32. The average Bonchev–Trinajstić information content (AvgIpc) is 3.06. The lowest BCUT2D eigenvalue weighted by atomic mass is 9.95. The Morgan fingerprint density at radius 2 is 1.68 bits per heavy atom. The van der Waals surface area contributed by atoms with Gasteiger partial charge in [-0.2, -0.15) is 4.80 Å². The van der Waals surface area contributed by atoms with Crippen LogP contribution in [0.15, 0.2) is 54.6 Å². The molecule has 110 valence electrons. The summed E-state index contributed by atoms with van der Waals surface area (Å²) < 4.78 is 0. The number of aldehydes is 1. The average molecular weight is 292 g/mol. The first-order chi connectivity index (χ1) is 10.6. The molecule has 0 amide bonds. The summed E-state index contributed by atoms with van der Waals surface area (Å²) in [6.07, 6.45) is 0.804. The molecule has 1 heterocycles. The van der Waals surface area contributed by atoms with Gasteiger partial charge >= 0.3 is 0 Å². The number of aromatic nitrogens is 4. The molecule has 0 radical (unpaired) electrons. The van der Waals surface area contributed by atoms with Crippen LogP contribution in [0.5, 0.6) is 0 Å². The third-order valence-corrected chi connectivity index (χ3v) is 3.72. The van der Waals surface area contributed by atoms with Gasteiger partial charge in [0.15, 0.2) is 6.29 Å². The maximum absolute atomic E-state index is 11.1. The van der Waals surface area contributed by atoms with Crippen molar-refractivity contribution in [3.8, 4) is 11.4 Å². The molecule has 5 heteroatoms. The molecular formula is C17H16N4O. The van der Waals surface area contributed by atoms with Gasteiger partial charge in [-0.05, 0) is 24.6 Å².